The molecule has 0 spiro atoms. The van der Waals surface area contributed by atoms with Gasteiger partial charge in [-0.05, 0) is 40.2 Å². The summed E-state index contributed by atoms with van der Waals surface area (Å²) in [6.07, 6.45) is 2.42. The van der Waals surface area contributed by atoms with Crippen LogP contribution in [0, 0.1) is 0 Å². The van der Waals surface area contributed by atoms with E-state index in [-0.39, 0.29) is 11.4 Å². The molecular formula is C13H26N4O. The summed E-state index contributed by atoms with van der Waals surface area (Å²) in [5.74, 6) is -0.349. The van der Waals surface area contributed by atoms with E-state index in [2.05, 4.69) is 30.7 Å². The third-order valence-corrected chi connectivity index (χ3v) is 4.88. The van der Waals surface area contributed by atoms with Crippen molar-refractivity contribution < 1.29 is 4.79 Å². The molecule has 104 valence electrons. The van der Waals surface area contributed by atoms with Crippen LogP contribution < -0.4 is 11.5 Å². The van der Waals surface area contributed by atoms with E-state index in [9.17, 15) is 4.79 Å². The first-order valence-electron chi connectivity index (χ1n) is 6.79. The molecule has 2 aliphatic rings. The summed E-state index contributed by atoms with van der Waals surface area (Å²) in [5, 5.41) is 0. The summed E-state index contributed by atoms with van der Waals surface area (Å²) in [6.45, 7) is 7.68. The number of nitrogens with two attached hydrogens (primary N) is 2. The zero-order chi connectivity index (χ0) is 13.6. The van der Waals surface area contributed by atoms with E-state index >= 15 is 0 Å². The second-order valence-corrected chi connectivity index (χ2v) is 6.62. The number of rotatable bonds is 2. The molecule has 1 aliphatic heterocycles. The van der Waals surface area contributed by atoms with Crippen molar-refractivity contribution in [3.05, 3.63) is 0 Å². The van der Waals surface area contributed by atoms with Gasteiger partial charge in [0.15, 0.2) is 0 Å². The van der Waals surface area contributed by atoms with Crippen molar-refractivity contribution in [2.24, 2.45) is 11.5 Å². The highest BCUT2D eigenvalue weighted by atomic mass is 16.1. The molecule has 1 aliphatic carbocycles. The SMILES string of the molecule is CN1CCN(C2CCC(N)(C(N)=O)C2)CC1(C)C. The molecule has 1 saturated heterocycles. The van der Waals surface area contributed by atoms with Crippen LogP contribution in [-0.4, -0.2) is 59.5 Å². The van der Waals surface area contributed by atoms with Crippen molar-refractivity contribution in [1.82, 2.24) is 9.80 Å². The Bertz CT molecular complexity index is 344. The largest absolute Gasteiger partial charge is 0.368 e. The van der Waals surface area contributed by atoms with Crippen LogP contribution in [0.3, 0.4) is 0 Å². The van der Waals surface area contributed by atoms with E-state index in [4.69, 9.17) is 11.5 Å². The number of carbonyl (C=O) groups excluding carboxylic acids is 1. The van der Waals surface area contributed by atoms with Crippen LogP contribution in [-0.2, 0) is 4.79 Å². The molecule has 0 radical (unpaired) electrons. The van der Waals surface area contributed by atoms with Crippen LogP contribution in [0.2, 0.25) is 0 Å². The predicted octanol–water partition coefficient (Wildman–Crippen LogP) is -0.252. The maximum Gasteiger partial charge on any atom is 0.237 e. The Balaban J connectivity index is 2.01. The number of hydrogen-bond donors (Lipinski definition) is 2. The Labute approximate surface area is 109 Å². The zero-order valence-corrected chi connectivity index (χ0v) is 11.8. The minimum absolute atomic E-state index is 0.185. The summed E-state index contributed by atoms with van der Waals surface area (Å²) in [7, 11) is 2.17. The van der Waals surface area contributed by atoms with Crippen LogP contribution >= 0.6 is 0 Å². The lowest BCUT2D eigenvalue weighted by atomic mass is 9.95. The molecule has 1 amide bonds. The second kappa shape index (κ2) is 4.47. The van der Waals surface area contributed by atoms with Gasteiger partial charge in [-0.3, -0.25) is 14.6 Å². The van der Waals surface area contributed by atoms with E-state index in [0.717, 1.165) is 32.5 Å². The smallest absolute Gasteiger partial charge is 0.237 e. The lowest BCUT2D eigenvalue weighted by molar-refractivity contribution is -0.123. The van der Waals surface area contributed by atoms with Crippen molar-refractivity contribution >= 4 is 5.91 Å². The second-order valence-electron chi connectivity index (χ2n) is 6.62. The summed E-state index contributed by atoms with van der Waals surface area (Å²) < 4.78 is 0. The molecule has 2 fully saturated rings. The lowest BCUT2D eigenvalue weighted by Gasteiger charge is -2.47. The van der Waals surface area contributed by atoms with Crippen molar-refractivity contribution in [1.29, 1.82) is 0 Å². The Morgan fingerprint density at radius 2 is 2.00 bits per heavy atom. The fourth-order valence-electron chi connectivity index (χ4n) is 3.17. The van der Waals surface area contributed by atoms with Crippen molar-refractivity contribution in [3.63, 3.8) is 0 Å². The number of nitrogens with zero attached hydrogens (tertiary/aromatic N) is 2. The summed E-state index contributed by atoms with van der Waals surface area (Å²) in [5.41, 5.74) is 10.9. The molecule has 2 rings (SSSR count). The van der Waals surface area contributed by atoms with Crippen molar-refractivity contribution in [2.75, 3.05) is 26.7 Å². The zero-order valence-electron chi connectivity index (χ0n) is 11.8. The Hall–Kier alpha value is -0.650. The third-order valence-electron chi connectivity index (χ3n) is 4.88. The first-order chi connectivity index (χ1) is 8.24. The van der Waals surface area contributed by atoms with Crippen LogP contribution in [0.25, 0.3) is 0 Å². The van der Waals surface area contributed by atoms with E-state index in [1.165, 1.54) is 0 Å². The molecule has 0 aromatic heterocycles. The van der Waals surface area contributed by atoms with E-state index in [1.807, 2.05) is 0 Å². The summed E-state index contributed by atoms with van der Waals surface area (Å²) >= 11 is 0. The van der Waals surface area contributed by atoms with Crippen LogP contribution in [0.1, 0.15) is 33.1 Å². The topological polar surface area (TPSA) is 75.6 Å². The maximum absolute atomic E-state index is 11.4. The van der Waals surface area contributed by atoms with E-state index in [0.29, 0.717) is 12.5 Å². The van der Waals surface area contributed by atoms with Gasteiger partial charge in [0.1, 0.15) is 0 Å². The Kier molecular flexibility index (Phi) is 3.42. The molecule has 18 heavy (non-hydrogen) atoms. The highest BCUT2D eigenvalue weighted by Crippen LogP contribution is 2.33. The lowest BCUT2D eigenvalue weighted by Crippen LogP contribution is -2.60. The monoisotopic (exact) mass is 254 g/mol. The van der Waals surface area contributed by atoms with Gasteiger partial charge < -0.3 is 11.5 Å². The number of primary amides is 1. The fraction of sp³-hybridized carbons (Fsp3) is 0.923. The standard InChI is InChI=1S/C13H26N4O/c1-12(2)9-17(7-6-16(12)3)10-4-5-13(15,8-10)11(14)18/h10H,4-9,15H2,1-3H3,(H2,14,18). The summed E-state index contributed by atoms with van der Waals surface area (Å²) in [4.78, 5) is 16.3. The Morgan fingerprint density at radius 1 is 1.33 bits per heavy atom. The predicted molar refractivity (Wildman–Crippen MR) is 72.0 cm³/mol. The van der Waals surface area contributed by atoms with Gasteiger partial charge in [0, 0.05) is 31.2 Å². The van der Waals surface area contributed by atoms with Gasteiger partial charge in [-0.25, -0.2) is 0 Å². The van der Waals surface area contributed by atoms with Crippen molar-refractivity contribution in [3.8, 4) is 0 Å². The number of carbonyl (C=O) groups is 1. The van der Waals surface area contributed by atoms with Gasteiger partial charge in [0.05, 0.1) is 5.54 Å². The number of piperazine rings is 1. The van der Waals surface area contributed by atoms with Gasteiger partial charge in [0.2, 0.25) is 5.91 Å². The molecule has 0 aromatic carbocycles. The van der Waals surface area contributed by atoms with Gasteiger partial charge >= 0.3 is 0 Å². The molecule has 1 heterocycles. The number of hydrogen-bond acceptors (Lipinski definition) is 4. The van der Waals surface area contributed by atoms with Crippen LogP contribution in [0.4, 0.5) is 0 Å². The summed E-state index contributed by atoms with van der Waals surface area (Å²) in [6, 6.07) is 0.412. The quantitative estimate of drug-likeness (QED) is 0.712. The molecule has 5 heteroatoms. The Morgan fingerprint density at radius 3 is 2.50 bits per heavy atom. The first-order valence-corrected chi connectivity index (χ1v) is 6.79. The number of likely N-dealkylation sites (N-methyl/N-ethyl adjacent to an activating group) is 1. The van der Waals surface area contributed by atoms with Crippen LogP contribution in [0.15, 0.2) is 0 Å². The molecule has 5 nitrogen and oxygen atoms in total. The average molecular weight is 254 g/mol. The minimum atomic E-state index is -0.780. The first kappa shape index (κ1) is 13.8. The van der Waals surface area contributed by atoms with Gasteiger partial charge in [-0.15, -0.1) is 0 Å². The van der Waals surface area contributed by atoms with Crippen LogP contribution in [0.5, 0.6) is 0 Å². The molecule has 0 bridgehead atoms. The van der Waals surface area contributed by atoms with Gasteiger partial charge in [-0.2, -0.15) is 0 Å². The highest BCUT2D eigenvalue weighted by Gasteiger charge is 2.44. The maximum atomic E-state index is 11.4. The van der Waals surface area contributed by atoms with Gasteiger partial charge in [-0.1, -0.05) is 0 Å². The molecule has 2 atom stereocenters. The molecule has 0 aromatic rings. The number of amides is 1. The minimum Gasteiger partial charge on any atom is -0.368 e. The average Bonchev–Trinajstić information content (AvgIpc) is 2.66. The van der Waals surface area contributed by atoms with E-state index < -0.39 is 5.54 Å². The fourth-order valence-corrected chi connectivity index (χ4v) is 3.17. The van der Waals surface area contributed by atoms with Gasteiger partial charge in [0.25, 0.3) is 0 Å². The van der Waals surface area contributed by atoms with Crippen molar-refractivity contribution in [2.45, 2.75) is 50.2 Å². The molecular weight excluding hydrogens is 228 g/mol. The third kappa shape index (κ3) is 2.39. The molecule has 2 unspecified atom stereocenters. The normalized spacial score (nSPS) is 37.9. The molecule has 1 saturated carbocycles. The molecule has 4 N–H and O–H groups in total. The highest BCUT2D eigenvalue weighted by molar-refractivity contribution is 5.84. The van der Waals surface area contributed by atoms with E-state index in [1.54, 1.807) is 0 Å².